The third-order valence-electron chi connectivity index (χ3n) is 5.82. The highest BCUT2D eigenvalue weighted by atomic mass is 32.2. The second kappa shape index (κ2) is 9.79. The summed E-state index contributed by atoms with van der Waals surface area (Å²) < 4.78 is 36.7. The minimum Gasteiger partial charge on any atom is -0.495 e. The molecule has 2 atom stereocenters. The number of aryl methyl sites for hydroxylation is 2. The lowest BCUT2D eigenvalue weighted by molar-refractivity contribution is 0.413. The van der Waals surface area contributed by atoms with Gasteiger partial charge in [-0.15, -0.1) is 10.2 Å². The quantitative estimate of drug-likeness (QED) is 0.394. The Morgan fingerprint density at radius 1 is 1.00 bits per heavy atom. The van der Waals surface area contributed by atoms with Crippen molar-refractivity contribution >= 4 is 16.0 Å². The molecule has 35 heavy (non-hydrogen) atoms. The summed E-state index contributed by atoms with van der Waals surface area (Å²) in [6, 6.07) is 9.15. The predicted octanol–water partition coefficient (Wildman–Crippen LogP) is 3.68. The Hall–Kier alpha value is -3.86. The minimum atomic E-state index is -3.90. The third kappa shape index (κ3) is 4.99. The molecule has 3 aromatic heterocycles. The molecule has 3 heterocycles. The molecule has 4 aromatic rings. The number of para-hydroxylation sites is 2. The van der Waals surface area contributed by atoms with Crippen LogP contribution in [0.2, 0.25) is 0 Å². The molecule has 11 heteroatoms. The largest absolute Gasteiger partial charge is 0.495 e. The first-order valence-corrected chi connectivity index (χ1v) is 12.6. The Bertz CT molecular complexity index is 1440. The molecule has 0 aliphatic heterocycles. The van der Waals surface area contributed by atoms with Gasteiger partial charge in [-0.1, -0.05) is 19.1 Å². The lowest BCUT2D eigenvalue weighted by atomic mass is 10.1. The molecule has 0 radical (unpaired) electrons. The molecular weight excluding hydrogens is 466 g/mol. The van der Waals surface area contributed by atoms with Gasteiger partial charge >= 0.3 is 0 Å². The second-order valence-corrected chi connectivity index (χ2v) is 10.4. The van der Waals surface area contributed by atoms with Crippen molar-refractivity contribution in [1.29, 1.82) is 0 Å². The van der Waals surface area contributed by atoms with Crippen LogP contribution >= 0.6 is 0 Å². The fraction of sp³-hybridized carbons (Fsp3) is 0.292. The Kier molecular flexibility index (Phi) is 6.79. The van der Waals surface area contributed by atoms with E-state index in [1.54, 1.807) is 62.4 Å². The van der Waals surface area contributed by atoms with Crippen LogP contribution < -0.4 is 9.46 Å². The summed E-state index contributed by atoms with van der Waals surface area (Å²) in [4.78, 5) is 12.8. The maximum Gasteiger partial charge on any atom is 0.243 e. The molecule has 0 fully saturated rings. The lowest BCUT2D eigenvalue weighted by Gasteiger charge is -2.21. The first-order valence-electron chi connectivity index (χ1n) is 11.0. The summed E-state index contributed by atoms with van der Waals surface area (Å²) in [7, 11) is -2.35. The molecular formula is C24H27N7O3S. The van der Waals surface area contributed by atoms with Gasteiger partial charge in [0.2, 0.25) is 16.0 Å². The number of pyridine rings is 1. The fourth-order valence-corrected chi connectivity index (χ4v) is 4.87. The van der Waals surface area contributed by atoms with E-state index in [1.165, 1.54) is 0 Å². The van der Waals surface area contributed by atoms with Gasteiger partial charge < -0.3 is 4.74 Å². The van der Waals surface area contributed by atoms with E-state index in [1.807, 2.05) is 32.0 Å². The molecule has 182 valence electrons. The number of sulfonamides is 1. The van der Waals surface area contributed by atoms with Crippen LogP contribution in [0.4, 0.5) is 5.95 Å². The highest BCUT2D eigenvalue weighted by Gasteiger charge is 2.31. The summed E-state index contributed by atoms with van der Waals surface area (Å²) in [6.45, 7) is 7.18. The molecule has 0 unspecified atom stereocenters. The Morgan fingerprint density at radius 3 is 2.46 bits per heavy atom. The number of hydrogen-bond acceptors (Lipinski definition) is 8. The van der Waals surface area contributed by atoms with Gasteiger partial charge in [0.25, 0.3) is 0 Å². The van der Waals surface area contributed by atoms with E-state index >= 15 is 0 Å². The number of ether oxygens (including phenoxy) is 1. The number of nitrogens with zero attached hydrogens (tertiary/aromatic N) is 6. The molecule has 0 bridgehead atoms. The monoisotopic (exact) mass is 493 g/mol. The molecule has 1 N–H and O–H groups in total. The number of nitrogens with one attached hydrogen (secondary N) is 1. The highest BCUT2D eigenvalue weighted by Crippen LogP contribution is 2.32. The van der Waals surface area contributed by atoms with Crippen molar-refractivity contribution in [2.45, 2.75) is 38.9 Å². The van der Waals surface area contributed by atoms with Gasteiger partial charge in [-0.05, 0) is 44.5 Å². The average Bonchev–Trinajstić information content (AvgIpc) is 3.26. The van der Waals surface area contributed by atoms with Crippen LogP contribution in [0, 0.1) is 13.8 Å². The standard InChI is InChI=1S/C24H27N7O3S/c1-15-10-19(13-25-11-15)23-28-29-24(31(23)21-8-6-7-9-22(21)34-5)30-35(32,33)18(4)17(3)20-14-26-16(2)12-27-20/h6-14,17-18H,1-5H3,(H,29,30)/t17-,18-/m0/s1. The molecule has 0 spiro atoms. The van der Waals surface area contributed by atoms with Crippen molar-refractivity contribution < 1.29 is 13.2 Å². The smallest absolute Gasteiger partial charge is 0.243 e. The molecule has 0 amide bonds. The maximum absolute atomic E-state index is 13.4. The van der Waals surface area contributed by atoms with Crippen LogP contribution in [-0.2, 0) is 10.0 Å². The van der Waals surface area contributed by atoms with E-state index in [0.717, 1.165) is 11.3 Å². The van der Waals surface area contributed by atoms with Crippen molar-refractivity contribution in [3.8, 4) is 22.8 Å². The molecule has 0 aliphatic carbocycles. The van der Waals surface area contributed by atoms with E-state index in [0.29, 0.717) is 28.5 Å². The first kappa shape index (κ1) is 24.3. The van der Waals surface area contributed by atoms with Crippen LogP contribution in [0.3, 0.4) is 0 Å². The van der Waals surface area contributed by atoms with Crippen molar-refractivity contribution in [2.24, 2.45) is 0 Å². The van der Waals surface area contributed by atoms with Crippen molar-refractivity contribution in [3.05, 3.63) is 72.1 Å². The number of aromatic nitrogens is 6. The maximum atomic E-state index is 13.4. The van der Waals surface area contributed by atoms with Crippen molar-refractivity contribution in [1.82, 2.24) is 29.7 Å². The van der Waals surface area contributed by atoms with Gasteiger partial charge in [-0.3, -0.25) is 24.2 Å². The Labute approximate surface area is 204 Å². The normalized spacial score (nSPS) is 13.3. The molecule has 10 nitrogen and oxygen atoms in total. The molecule has 0 aliphatic rings. The lowest BCUT2D eigenvalue weighted by Crippen LogP contribution is -2.31. The zero-order valence-corrected chi connectivity index (χ0v) is 21.0. The van der Waals surface area contributed by atoms with Gasteiger partial charge in [0.05, 0.1) is 29.4 Å². The zero-order valence-electron chi connectivity index (χ0n) is 20.2. The van der Waals surface area contributed by atoms with Crippen molar-refractivity contribution in [3.63, 3.8) is 0 Å². The zero-order chi connectivity index (χ0) is 25.2. The summed E-state index contributed by atoms with van der Waals surface area (Å²) in [5.74, 6) is 0.586. The SMILES string of the molecule is COc1ccccc1-n1c(NS(=O)(=O)[C@@H](C)[C@H](C)c2cnc(C)cn2)nnc1-c1cncc(C)c1. The summed E-state index contributed by atoms with van der Waals surface area (Å²) in [6.07, 6.45) is 6.61. The second-order valence-electron chi connectivity index (χ2n) is 8.33. The van der Waals surface area contributed by atoms with Crippen LogP contribution in [0.15, 0.2) is 55.1 Å². The van der Waals surface area contributed by atoms with Gasteiger partial charge in [0.15, 0.2) is 5.82 Å². The Morgan fingerprint density at radius 2 is 1.77 bits per heavy atom. The number of methoxy groups -OCH3 is 1. The summed E-state index contributed by atoms with van der Waals surface area (Å²) in [5.41, 5.74) is 3.55. The summed E-state index contributed by atoms with van der Waals surface area (Å²) >= 11 is 0. The van der Waals surface area contributed by atoms with E-state index in [-0.39, 0.29) is 5.95 Å². The van der Waals surface area contributed by atoms with E-state index in [4.69, 9.17) is 4.74 Å². The highest BCUT2D eigenvalue weighted by molar-refractivity contribution is 7.93. The van der Waals surface area contributed by atoms with E-state index in [2.05, 4.69) is 29.9 Å². The molecule has 0 saturated carbocycles. The van der Waals surface area contributed by atoms with Gasteiger partial charge in [-0.25, -0.2) is 8.42 Å². The van der Waals surface area contributed by atoms with E-state index < -0.39 is 21.2 Å². The summed E-state index contributed by atoms with van der Waals surface area (Å²) in [5, 5.41) is 7.67. The molecule has 0 saturated heterocycles. The molecule has 4 rings (SSSR count). The predicted molar refractivity (Wildman–Crippen MR) is 133 cm³/mol. The van der Waals surface area contributed by atoms with Crippen molar-refractivity contribution in [2.75, 3.05) is 11.8 Å². The van der Waals surface area contributed by atoms with Gasteiger partial charge in [0, 0.05) is 36.3 Å². The topological polar surface area (TPSA) is 125 Å². The minimum absolute atomic E-state index is 0.0417. The van der Waals surface area contributed by atoms with Crippen LogP contribution in [-0.4, -0.2) is 50.5 Å². The molecule has 1 aromatic carbocycles. The van der Waals surface area contributed by atoms with Crippen LogP contribution in [0.25, 0.3) is 17.1 Å². The average molecular weight is 494 g/mol. The van der Waals surface area contributed by atoms with Crippen LogP contribution in [0.5, 0.6) is 5.75 Å². The van der Waals surface area contributed by atoms with Crippen LogP contribution in [0.1, 0.15) is 36.7 Å². The van der Waals surface area contributed by atoms with E-state index in [9.17, 15) is 8.42 Å². The number of anilines is 1. The number of benzene rings is 1. The Balaban J connectivity index is 1.77. The fourth-order valence-electron chi connectivity index (χ4n) is 3.62. The first-order chi connectivity index (χ1) is 16.7. The third-order valence-corrected chi connectivity index (χ3v) is 7.67. The van der Waals surface area contributed by atoms with Gasteiger partial charge in [-0.2, -0.15) is 0 Å². The number of hydrogen-bond donors (Lipinski definition) is 1. The van der Waals surface area contributed by atoms with Gasteiger partial charge in [0.1, 0.15) is 5.75 Å². The number of rotatable bonds is 8.